The first-order chi connectivity index (χ1) is 10.3. The van der Waals surface area contributed by atoms with Gasteiger partial charge in [-0.2, -0.15) is 4.98 Å². The summed E-state index contributed by atoms with van der Waals surface area (Å²) in [6.45, 7) is 5.91. The van der Waals surface area contributed by atoms with Crippen molar-refractivity contribution in [2.45, 2.75) is 19.5 Å². The number of halogens is 1. The van der Waals surface area contributed by atoms with Gasteiger partial charge in [-0.3, -0.25) is 4.90 Å². The predicted molar refractivity (Wildman–Crippen MR) is 85.7 cm³/mol. The summed E-state index contributed by atoms with van der Waals surface area (Å²) in [7, 11) is 0. The average molecular weight is 325 g/mol. The van der Waals surface area contributed by atoms with Crippen molar-refractivity contribution in [3.05, 3.63) is 35.7 Å². The van der Waals surface area contributed by atoms with Crippen LogP contribution in [0.2, 0.25) is 0 Å². The molecule has 0 radical (unpaired) electrons. The summed E-state index contributed by atoms with van der Waals surface area (Å²) in [5.74, 6) is 1.27. The fraction of sp³-hybridized carbons (Fsp3) is 0.467. The van der Waals surface area contributed by atoms with Crippen LogP contribution < -0.4 is 5.73 Å². The minimum absolute atomic E-state index is 0. The van der Waals surface area contributed by atoms with Gasteiger partial charge >= 0.3 is 0 Å². The molecule has 1 aliphatic heterocycles. The van der Waals surface area contributed by atoms with Gasteiger partial charge in [0.2, 0.25) is 11.7 Å². The van der Waals surface area contributed by atoms with Gasteiger partial charge in [-0.1, -0.05) is 29.4 Å². The third-order valence-electron chi connectivity index (χ3n) is 3.84. The Bertz CT molecular complexity index is 581. The van der Waals surface area contributed by atoms with Gasteiger partial charge in [0.15, 0.2) is 0 Å². The highest BCUT2D eigenvalue weighted by Gasteiger charge is 2.23. The summed E-state index contributed by atoms with van der Waals surface area (Å²) in [4.78, 5) is 6.81. The van der Waals surface area contributed by atoms with E-state index in [2.05, 4.69) is 22.0 Å². The molecule has 1 saturated heterocycles. The number of nitrogens with two attached hydrogens (primary N) is 1. The molecule has 1 unspecified atom stereocenters. The smallest absolute Gasteiger partial charge is 0.244 e. The second-order valence-electron chi connectivity index (χ2n) is 5.18. The van der Waals surface area contributed by atoms with Gasteiger partial charge in [0.25, 0.3) is 0 Å². The summed E-state index contributed by atoms with van der Waals surface area (Å²) in [5.41, 5.74) is 7.63. The first-order valence-corrected chi connectivity index (χ1v) is 7.22. The first kappa shape index (κ1) is 16.9. The van der Waals surface area contributed by atoms with Gasteiger partial charge in [-0.15, -0.1) is 12.4 Å². The van der Waals surface area contributed by atoms with Gasteiger partial charge in [-0.05, 0) is 12.5 Å². The molecule has 0 aliphatic carbocycles. The number of hydrogen-bond acceptors (Lipinski definition) is 6. The lowest BCUT2D eigenvalue weighted by molar-refractivity contribution is 0.0134. The van der Waals surface area contributed by atoms with Crippen LogP contribution in [0.5, 0.6) is 0 Å². The maximum atomic E-state index is 5.60. The molecule has 22 heavy (non-hydrogen) atoms. The molecule has 1 aliphatic rings. The molecule has 7 heteroatoms. The van der Waals surface area contributed by atoms with E-state index in [-0.39, 0.29) is 18.4 Å². The van der Waals surface area contributed by atoms with Crippen molar-refractivity contribution in [1.29, 1.82) is 0 Å². The van der Waals surface area contributed by atoms with Crippen LogP contribution in [0.4, 0.5) is 0 Å². The summed E-state index contributed by atoms with van der Waals surface area (Å²) in [6.07, 6.45) is 0. The highest BCUT2D eigenvalue weighted by molar-refractivity contribution is 5.85. The standard InChI is InChI=1S/C15H20N4O2.ClH/c1-11(19-6-8-20-9-7-19)15-17-14(18-21-15)13-4-2-12(10-16)3-5-13;/h2-5,11H,6-10,16H2,1H3;1H. The molecule has 0 spiro atoms. The zero-order valence-electron chi connectivity index (χ0n) is 12.6. The summed E-state index contributed by atoms with van der Waals surface area (Å²) >= 11 is 0. The molecule has 1 fully saturated rings. The molecular weight excluding hydrogens is 304 g/mol. The number of morpholine rings is 1. The number of nitrogens with zero attached hydrogens (tertiary/aromatic N) is 3. The Morgan fingerprint density at radius 1 is 1.23 bits per heavy atom. The largest absolute Gasteiger partial charge is 0.379 e. The Kier molecular flexibility index (Phi) is 5.90. The maximum absolute atomic E-state index is 5.60. The summed E-state index contributed by atoms with van der Waals surface area (Å²) in [5, 5.41) is 4.08. The SMILES string of the molecule is CC(c1nc(-c2ccc(CN)cc2)no1)N1CCOCC1.Cl. The summed E-state index contributed by atoms with van der Waals surface area (Å²) < 4.78 is 10.8. The predicted octanol–water partition coefficient (Wildman–Crippen LogP) is 2.01. The van der Waals surface area contributed by atoms with Crippen molar-refractivity contribution >= 4 is 12.4 Å². The van der Waals surface area contributed by atoms with Crippen LogP contribution in [0.3, 0.4) is 0 Å². The molecule has 3 rings (SSSR count). The van der Waals surface area contributed by atoms with E-state index in [0.717, 1.165) is 37.4 Å². The third kappa shape index (κ3) is 3.64. The molecule has 120 valence electrons. The van der Waals surface area contributed by atoms with Crippen molar-refractivity contribution in [2.75, 3.05) is 26.3 Å². The van der Waals surface area contributed by atoms with E-state index in [1.807, 2.05) is 24.3 Å². The number of benzene rings is 1. The molecule has 2 N–H and O–H groups in total. The summed E-state index contributed by atoms with van der Waals surface area (Å²) in [6, 6.07) is 8.01. The van der Waals surface area contributed by atoms with Crippen molar-refractivity contribution in [2.24, 2.45) is 5.73 Å². The molecule has 2 aromatic rings. The molecule has 0 saturated carbocycles. The van der Waals surface area contributed by atoms with Crippen molar-refractivity contribution in [1.82, 2.24) is 15.0 Å². The van der Waals surface area contributed by atoms with Gasteiger partial charge in [0, 0.05) is 25.2 Å². The Morgan fingerprint density at radius 2 is 1.91 bits per heavy atom. The van der Waals surface area contributed by atoms with E-state index >= 15 is 0 Å². The first-order valence-electron chi connectivity index (χ1n) is 7.22. The lowest BCUT2D eigenvalue weighted by Gasteiger charge is -2.29. The number of hydrogen-bond donors (Lipinski definition) is 1. The van der Waals surface area contributed by atoms with Crippen molar-refractivity contribution < 1.29 is 9.26 Å². The normalized spacial score (nSPS) is 17.0. The van der Waals surface area contributed by atoms with Gasteiger partial charge in [-0.25, -0.2) is 0 Å². The van der Waals surface area contributed by atoms with Crippen LogP contribution in [0.15, 0.2) is 28.8 Å². The Labute approximate surface area is 136 Å². The lowest BCUT2D eigenvalue weighted by Crippen LogP contribution is -2.38. The molecule has 1 aromatic carbocycles. The van der Waals surface area contributed by atoms with Crippen LogP contribution in [-0.4, -0.2) is 41.3 Å². The Hall–Kier alpha value is -1.47. The van der Waals surface area contributed by atoms with E-state index in [4.69, 9.17) is 15.0 Å². The zero-order valence-corrected chi connectivity index (χ0v) is 13.4. The Balaban J connectivity index is 0.00000176. The van der Waals surface area contributed by atoms with Crippen LogP contribution in [0.1, 0.15) is 24.4 Å². The zero-order chi connectivity index (χ0) is 14.7. The second-order valence-corrected chi connectivity index (χ2v) is 5.18. The highest BCUT2D eigenvalue weighted by atomic mass is 35.5. The Morgan fingerprint density at radius 3 is 2.55 bits per heavy atom. The highest BCUT2D eigenvalue weighted by Crippen LogP contribution is 2.23. The minimum atomic E-state index is 0. The molecule has 0 amide bonds. The van der Waals surface area contributed by atoms with Crippen molar-refractivity contribution in [3.8, 4) is 11.4 Å². The molecule has 2 heterocycles. The molecule has 6 nitrogen and oxygen atoms in total. The average Bonchev–Trinajstić information content (AvgIpc) is 3.05. The number of ether oxygens (including phenoxy) is 1. The topological polar surface area (TPSA) is 77.4 Å². The fourth-order valence-electron chi connectivity index (χ4n) is 2.43. The van der Waals surface area contributed by atoms with Crippen LogP contribution in [0, 0.1) is 0 Å². The third-order valence-corrected chi connectivity index (χ3v) is 3.84. The molecule has 1 aromatic heterocycles. The van der Waals surface area contributed by atoms with Crippen LogP contribution >= 0.6 is 12.4 Å². The van der Waals surface area contributed by atoms with E-state index in [9.17, 15) is 0 Å². The monoisotopic (exact) mass is 324 g/mol. The van der Waals surface area contributed by atoms with Gasteiger partial charge in [0.1, 0.15) is 0 Å². The van der Waals surface area contributed by atoms with E-state index in [0.29, 0.717) is 18.3 Å². The van der Waals surface area contributed by atoms with E-state index in [1.54, 1.807) is 0 Å². The van der Waals surface area contributed by atoms with Crippen LogP contribution in [0.25, 0.3) is 11.4 Å². The van der Waals surface area contributed by atoms with E-state index in [1.165, 1.54) is 0 Å². The fourth-order valence-corrected chi connectivity index (χ4v) is 2.43. The van der Waals surface area contributed by atoms with Gasteiger partial charge in [0.05, 0.1) is 19.3 Å². The van der Waals surface area contributed by atoms with Crippen molar-refractivity contribution in [3.63, 3.8) is 0 Å². The molecule has 0 bridgehead atoms. The van der Waals surface area contributed by atoms with Gasteiger partial charge < -0.3 is 15.0 Å². The minimum Gasteiger partial charge on any atom is -0.379 e. The lowest BCUT2D eigenvalue weighted by atomic mass is 10.1. The van der Waals surface area contributed by atoms with Crippen LogP contribution in [-0.2, 0) is 11.3 Å². The van der Waals surface area contributed by atoms with E-state index < -0.39 is 0 Å². The quantitative estimate of drug-likeness (QED) is 0.927. The number of aromatic nitrogens is 2. The maximum Gasteiger partial charge on any atom is 0.244 e. The molecule has 1 atom stereocenters. The second kappa shape index (κ2) is 7.69. The molecular formula is C15H21ClN4O2. The number of rotatable bonds is 4.